The number of carbonyl (C=O) groups excluding carboxylic acids is 1. The van der Waals surface area contributed by atoms with Gasteiger partial charge in [0.15, 0.2) is 0 Å². The van der Waals surface area contributed by atoms with Crippen molar-refractivity contribution in [2.45, 2.75) is 13.8 Å². The lowest BCUT2D eigenvalue weighted by molar-refractivity contribution is -0.123. The van der Waals surface area contributed by atoms with Crippen LogP contribution in [0.15, 0.2) is 0 Å². The molecule has 11 heavy (non-hydrogen) atoms. The molecule has 0 rings (SSSR count). The molecule has 0 heterocycles. The third-order valence-corrected chi connectivity index (χ3v) is 2.63. The van der Waals surface area contributed by atoms with Crippen LogP contribution in [0.4, 0.5) is 0 Å². The average Bonchev–Trinajstić information content (AvgIpc) is 2.05. The largest absolute Gasteiger partial charge is 0.338 e. The summed E-state index contributed by atoms with van der Waals surface area (Å²) in [6, 6.07) is 0. The van der Waals surface area contributed by atoms with E-state index in [0.717, 1.165) is 13.1 Å². The van der Waals surface area contributed by atoms with E-state index in [9.17, 15) is 4.79 Å². The van der Waals surface area contributed by atoms with Crippen molar-refractivity contribution in [1.29, 1.82) is 0 Å². The number of hydrogen-bond donors (Lipinski definition) is 0. The summed E-state index contributed by atoms with van der Waals surface area (Å²) >= 11 is 6.19. The maximum Gasteiger partial charge on any atom is 0.271 e. The van der Waals surface area contributed by atoms with Gasteiger partial charge in [-0.05, 0) is 20.1 Å². The molecule has 0 spiro atoms. The standard InChI is InChI=1S/C7H13NOS2/c1-4-8(5-2)6(9)7(10)11-3/h4-5H2,1-3H3. The minimum Gasteiger partial charge on any atom is -0.338 e. The Bertz CT molecular complexity index is 155. The highest BCUT2D eigenvalue weighted by Gasteiger charge is 2.13. The third-order valence-electron chi connectivity index (χ3n) is 1.41. The average molecular weight is 191 g/mol. The predicted octanol–water partition coefficient (Wildman–Crippen LogP) is 1.55. The van der Waals surface area contributed by atoms with Gasteiger partial charge in [0, 0.05) is 13.1 Å². The molecule has 0 unspecified atom stereocenters. The summed E-state index contributed by atoms with van der Waals surface area (Å²) in [6.45, 7) is 5.36. The summed E-state index contributed by atoms with van der Waals surface area (Å²) in [5.41, 5.74) is 0. The molecule has 0 bridgehead atoms. The fourth-order valence-corrected chi connectivity index (χ4v) is 1.16. The van der Waals surface area contributed by atoms with E-state index in [-0.39, 0.29) is 5.91 Å². The van der Waals surface area contributed by atoms with Crippen LogP contribution in [0.1, 0.15) is 13.8 Å². The number of nitrogens with zero attached hydrogens (tertiary/aromatic N) is 1. The van der Waals surface area contributed by atoms with E-state index >= 15 is 0 Å². The van der Waals surface area contributed by atoms with Gasteiger partial charge in [0.05, 0.1) is 0 Å². The fraction of sp³-hybridized carbons (Fsp3) is 0.714. The minimum absolute atomic E-state index is 0.0162. The van der Waals surface area contributed by atoms with E-state index < -0.39 is 0 Å². The van der Waals surface area contributed by atoms with Crippen LogP contribution in [0.3, 0.4) is 0 Å². The molecule has 0 aliphatic carbocycles. The van der Waals surface area contributed by atoms with Gasteiger partial charge in [-0.15, -0.1) is 11.8 Å². The lowest BCUT2D eigenvalue weighted by Crippen LogP contribution is -2.34. The van der Waals surface area contributed by atoms with Crippen molar-refractivity contribution in [2.75, 3.05) is 19.3 Å². The monoisotopic (exact) mass is 191 g/mol. The number of carbonyl (C=O) groups is 1. The number of thioether (sulfide) groups is 1. The summed E-state index contributed by atoms with van der Waals surface area (Å²) in [5.74, 6) is -0.0162. The molecule has 4 heteroatoms. The lowest BCUT2D eigenvalue weighted by atomic mass is 10.5. The molecule has 0 aliphatic rings. The van der Waals surface area contributed by atoms with Gasteiger partial charge < -0.3 is 4.90 Å². The van der Waals surface area contributed by atoms with Crippen LogP contribution in [0.2, 0.25) is 0 Å². The molecule has 0 aromatic rings. The van der Waals surface area contributed by atoms with Crippen molar-refractivity contribution in [3.8, 4) is 0 Å². The SMILES string of the molecule is CCN(CC)C(=O)C(=S)SC. The molecule has 0 saturated heterocycles. The molecule has 0 aromatic heterocycles. The van der Waals surface area contributed by atoms with Crippen LogP contribution < -0.4 is 0 Å². The Hall–Kier alpha value is -0.0900. The quantitative estimate of drug-likeness (QED) is 0.618. The first kappa shape index (κ1) is 10.9. The van der Waals surface area contributed by atoms with Gasteiger partial charge in [-0.2, -0.15) is 0 Å². The highest BCUT2D eigenvalue weighted by atomic mass is 32.2. The van der Waals surface area contributed by atoms with E-state index in [2.05, 4.69) is 0 Å². The van der Waals surface area contributed by atoms with Crippen LogP contribution >= 0.6 is 24.0 Å². The first-order valence-electron chi connectivity index (χ1n) is 3.54. The number of amides is 1. The van der Waals surface area contributed by atoms with Gasteiger partial charge >= 0.3 is 0 Å². The Morgan fingerprint density at radius 2 is 1.91 bits per heavy atom. The van der Waals surface area contributed by atoms with Gasteiger partial charge in [0.25, 0.3) is 5.91 Å². The van der Waals surface area contributed by atoms with Gasteiger partial charge in [0.1, 0.15) is 4.20 Å². The number of thiocarbonyl (C=S) groups is 1. The molecule has 0 atom stereocenters. The second kappa shape index (κ2) is 5.55. The minimum atomic E-state index is -0.0162. The summed E-state index contributed by atoms with van der Waals surface area (Å²) in [4.78, 5) is 13.0. The number of hydrogen-bond acceptors (Lipinski definition) is 3. The molecule has 2 nitrogen and oxygen atoms in total. The zero-order valence-corrected chi connectivity index (χ0v) is 8.72. The first-order chi connectivity index (χ1) is 5.17. The van der Waals surface area contributed by atoms with Gasteiger partial charge in [0.2, 0.25) is 0 Å². The van der Waals surface area contributed by atoms with Crippen molar-refractivity contribution in [1.82, 2.24) is 4.90 Å². The summed E-state index contributed by atoms with van der Waals surface area (Å²) in [7, 11) is 0. The van der Waals surface area contributed by atoms with Crippen molar-refractivity contribution >= 4 is 34.1 Å². The van der Waals surface area contributed by atoms with Crippen LogP contribution in [0, 0.1) is 0 Å². The molecule has 0 aliphatic heterocycles. The molecule has 0 N–H and O–H groups in total. The van der Waals surface area contributed by atoms with E-state index in [1.807, 2.05) is 20.1 Å². The summed E-state index contributed by atoms with van der Waals surface area (Å²) < 4.78 is 0.453. The molecule has 0 aromatic carbocycles. The van der Waals surface area contributed by atoms with E-state index in [1.165, 1.54) is 11.8 Å². The zero-order chi connectivity index (χ0) is 8.85. The van der Waals surface area contributed by atoms with Crippen molar-refractivity contribution < 1.29 is 4.79 Å². The fourth-order valence-electron chi connectivity index (χ4n) is 0.727. The number of rotatable bonds is 2. The lowest BCUT2D eigenvalue weighted by Gasteiger charge is -2.17. The smallest absolute Gasteiger partial charge is 0.271 e. The molecule has 0 saturated carbocycles. The summed E-state index contributed by atoms with van der Waals surface area (Å²) in [5, 5.41) is 0. The Morgan fingerprint density at radius 3 is 2.18 bits per heavy atom. The summed E-state index contributed by atoms with van der Waals surface area (Å²) in [6.07, 6.45) is 1.82. The molecular formula is C7H13NOS2. The second-order valence-electron chi connectivity index (χ2n) is 1.97. The molecule has 0 fully saturated rings. The molecule has 1 amide bonds. The van der Waals surface area contributed by atoms with Crippen LogP contribution in [-0.2, 0) is 4.79 Å². The maximum absolute atomic E-state index is 11.3. The van der Waals surface area contributed by atoms with Gasteiger partial charge in [-0.25, -0.2) is 0 Å². The highest BCUT2D eigenvalue weighted by molar-refractivity contribution is 8.24. The Kier molecular flexibility index (Phi) is 5.50. The van der Waals surface area contributed by atoms with Crippen LogP contribution in [-0.4, -0.2) is 34.3 Å². The van der Waals surface area contributed by atoms with Crippen molar-refractivity contribution in [3.05, 3.63) is 0 Å². The molecule has 64 valence electrons. The predicted molar refractivity (Wildman–Crippen MR) is 54.0 cm³/mol. The van der Waals surface area contributed by atoms with Crippen LogP contribution in [0.5, 0.6) is 0 Å². The van der Waals surface area contributed by atoms with E-state index in [1.54, 1.807) is 4.90 Å². The van der Waals surface area contributed by atoms with E-state index in [0.29, 0.717) is 4.20 Å². The topological polar surface area (TPSA) is 20.3 Å². The van der Waals surface area contributed by atoms with Crippen LogP contribution in [0.25, 0.3) is 0 Å². The van der Waals surface area contributed by atoms with E-state index in [4.69, 9.17) is 12.2 Å². The second-order valence-corrected chi connectivity index (χ2v) is 3.45. The van der Waals surface area contributed by atoms with Gasteiger partial charge in [-0.3, -0.25) is 4.79 Å². The normalized spacial score (nSPS) is 9.36. The molecule has 0 radical (unpaired) electrons. The van der Waals surface area contributed by atoms with Gasteiger partial charge in [-0.1, -0.05) is 12.2 Å². The Labute approximate surface area is 77.3 Å². The first-order valence-corrected chi connectivity index (χ1v) is 5.17. The van der Waals surface area contributed by atoms with Crippen molar-refractivity contribution in [2.24, 2.45) is 0 Å². The van der Waals surface area contributed by atoms with Crippen molar-refractivity contribution in [3.63, 3.8) is 0 Å². The Morgan fingerprint density at radius 1 is 1.45 bits per heavy atom. The maximum atomic E-state index is 11.3. The molecular weight excluding hydrogens is 178 g/mol. The Balaban J connectivity index is 4.09. The zero-order valence-electron chi connectivity index (χ0n) is 7.09. The highest BCUT2D eigenvalue weighted by Crippen LogP contribution is 2.02. The third kappa shape index (κ3) is 3.20.